The highest BCUT2D eigenvalue weighted by atomic mass is 16.7. The van der Waals surface area contributed by atoms with Crippen LogP contribution in [-0.2, 0) is 109 Å². The lowest BCUT2D eigenvalue weighted by atomic mass is 9.85. The lowest BCUT2D eigenvalue weighted by Crippen LogP contribution is -2.64. The van der Waals surface area contributed by atoms with Gasteiger partial charge in [0.25, 0.3) is 0 Å². The summed E-state index contributed by atoms with van der Waals surface area (Å²) in [4.78, 5) is 101. The Morgan fingerprint density at radius 3 is 0.980 bits per heavy atom. The summed E-state index contributed by atoms with van der Waals surface area (Å²) in [5, 5.41) is 106. The number of aliphatic hydroxyl groups is 9. The largest absolute Gasteiger partial charge is 0.394 e. The highest BCUT2D eigenvalue weighted by Crippen LogP contribution is 2.26. The number of carbonyl (C=O) groups is 8. The van der Waals surface area contributed by atoms with E-state index in [1.54, 1.807) is 13.8 Å². The van der Waals surface area contributed by atoms with Crippen LogP contribution in [0, 0.1) is 11.8 Å². The predicted molar refractivity (Wildman–Crippen MR) is 350 cm³/mol. The maximum atomic E-state index is 14.1. The van der Waals surface area contributed by atoms with Crippen molar-refractivity contribution in [2.75, 3.05) is 172 Å². The van der Waals surface area contributed by atoms with Gasteiger partial charge in [-0.3, -0.25) is 38.4 Å². The monoisotopic (exact) mass is 1480 g/mol. The zero-order chi connectivity index (χ0) is 75.2. The first kappa shape index (κ1) is 91.4. The molecule has 3 heterocycles. The van der Waals surface area contributed by atoms with Crippen molar-refractivity contribution in [2.45, 2.75) is 178 Å². The van der Waals surface area contributed by atoms with E-state index in [4.69, 9.17) is 71.1 Å². The second kappa shape index (κ2) is 53.9. The van der Waals surface area contributed by atoms with Gasteiger partial charge in [0.05, 0.1) is 145 Å². The molecule has 3 aliphatic heterocycles. The number of nitrogens with one attached hydrogen (secondary N) is 6. The Bertz CT molecular complexity index is 2360. The normalized spacial score (nSPS) is 25.7. The second-order valence-corrected chi connectivity index (χ2v) is 24.5. The molecule has 3 rings (SSSR count). The number of hydrogen-bond donors (Lipinski definition) is 15. The lowest BCUT2D eigenvalue weighted by molar-refractivity contribution is -0.272. The van der Waals surface area contributed by atoms with Gasteiger partial charge in [0.1, 0.15) is 98.7 Å². The summed E-state index contributed by atoms with van der Waals surface area (Å²) in [7, 11) is 0. The SMILES string of the molecule is CC(=O)N[C@H]1[C@H](OCCOCCOCCOCC(=O)NCCCC[C@H](CC(=O)[C@H](CCCCNC(=O)COCCOCCOCCO[C@@H]2O[C@H](CO)[C@H](O)[C@H](O)[C@H]2NC(C)=O)NC(=O)COCCOCCOCCO[C@@H]2O[C@H](CO)[C@H](O)[C@H](O)[C@H]2NC(C)=O)C(=O)C(C)C)O[C@H](CO)[C@H](O)[C@@H]1O. The molecular formula is C64H114N6O32. The van der Waals surface area contributed by atoms with Gasteiger partial charge in [0.2, 0.25) is 35.4 Å². The number of unbranched alkanes of at least 4 members (excludes halogenated alkanes) is 2. The Kier molecular flexibility index (Phi) is 48.3. The fourth-order valence-electron chi connectivity index (χ4n) is 10.6. The molecule has 0 aromatic carbocycles. The highest BCUT2D eigenvalue weighted by molar-refractivity contribution is 5.93. The molecule has 592 valence electrons. The third-order valence-corrected chi connectivity index (χ3v) is 15.9. The molecule has 3 aliphatic rings. The van der Waals surface area contributed by atoms with E-state index < -0.39 is 166 Å². The summed E-state index contributed by atoms with van der Waals surface area (Å²) < 4.78 is 82.7. The Hall–Kier alpha value is -4.80. The minimum Gasteiger partial charge on any atom is -0.394 e. The standard InChI is InChI=1S/C64H114N6O32/c1-39(2)55(81)43(10-6-8-12-65-49(78)36-94-23-20-88-14-17-91-26-29-97-62-52(67-40(3)74)59(85)56(82)46(33-71)100-62)32-45(77)44(70-51(80)38-96-25-22-90-16-19-93-28-31-99-64-54(69-42(5)76)61(87)58(84)48(35-73)102-64)11-7-9-13-66-50(79)37-95-24-21-89-15-18-92-27-30-98-63-53(68-41(4)75)60(86)57(83)47(34-72)101-63/h39,43-44,46-48,52-54,56-64,71-73,82-87H,6-38H2,1-5H3,(H,65,78)(H,66,79)(H,67,74)(H,68,75)(H,69,76)(H,70,80)/t43-,44+,46-,47-,48-,52-,53-,54-,56+,57+,58+,59-,60-,61-,62-,63-,64-/m1/s1. The van der Waals surface area contributed by atoms with Crippen molar-refractivity contribution in [1.29, 1.82) is 0 Å². The van der Waals surface area contributed by atoms with Crippen LogP contribution in [0.3, 0.4) is 0 Å². The highest BCUT2D eigenvalue weighted by Gasteiger charge is 2.48. The maximum absolute atomic E-state index is 14.1. The number of aliphatic hydroxyl groups excluding tert-OH is 9. The first-order chi connectivity index (χ1) is 48.9. The first-order valence-corrected chi connectivity index (χ1v) is 34.6. The van der Waals surface area contributed by atoms with Gasteiger partial charge in [-0.1, -0.05) is 20.3 Å². The zero-order valence-corrected chi connectivity index (χ0v) is 59.1. The molecule has 0 aliphatic carbocycles. The molecule has 38 nitrogen and oxygen atoms in total. The molecule has 0 unspecified atom stereocenters. The van der Waals surface area contributed by atoms with Gasteiger partial charge < -0.3 is 149 Å². The van der Waals surface area contributed by atoms with Crippen LogP contribution in [0.4, 0.5) is 0 Å². The Balaban J connectivity index is 1.38. The number of carbonyl (C=O) groups excluding carboxylic acids is 8. The smallest absolute Gasteiger partial charge is 0.246 e. The van der Waals surface area contributed by atoms with E-state index in [0.29, 0.717) is 32.1 Å². The van der Waals surface area contributed by atoms with Gasteiger partial charge in [-0.15, -0.1) is 0 Å². The van der Waals surface area contributed by atoms with Crippen LogP contribution < -0.4 is 31.9 Å². The second-order valence-electron chi connectivity index (χ2n) is 24.5. The van der Waals surface area contributed by atoms with Crippen LogP contribution in [0.1, 0.15) is 79.6 Å². The molecule has 0 spiro atoms. The molecule has 0 radical (unpaired) electrons. The van der Waals surface area contributed by atoms with Crippen molar-refractivity contribution < 1.29 is 155 Å². The molecular weight excluding hydrogens is 1360 g/mol. The quantitative estimate of drug-likeness (QED) is 0.0252. The summed E-state index contributed by atoms with van der Waals surface area (Å²) in [5.74, 6) is -4.41. The Labute approximate surface area is 593 Å². The fourth-order valence-corrected chi connectivity index (χ4v) is 10.6. The predicted octanol–water partition coefficient (Wildman–Crippen LogP) is -7.13. The summed E-state index contributed by atoms with van der Waals surface area (Å²) in [5.41, 5.74) is 0. The van der Waals surface area contributed by atoms with Crippen molar-refractivity contribution in [3.63, 3.8) is 0 Å². The lowest BCUT2D eigenvalue weighted by Gasteiger charge is -2.42. The summed E-state index contributed by atoms with van der Waals surface area (Å²) in [6, 6.07) is -4.26. The van der Waals surface area contributed by atoms with Crippen molar-refractivity contribution in [3.05, 3.63) is 0 Å². The van der Waals surface area contributed by atoms with Gasteiger partial charge in [-0.2, -0.15) is 0 Å². The molecule has 102 heavy (non-hydrogen) atoms. The third-order valence-electron chi connectivity index (χ3n) is 15.9. The van der Waals surface area contributed by atoms with Gasteiger partial charge in [-0.25, -0.2) is 0 Å². The topological polar surface area (TPSA) is 529 Å². The van der Waals surface area contributed by atoms with Gasteiger partial charge in [0.15, 0.2) is 24.7 Å². The van der Waals surface area contributed by atoms with E-state index in [0.717, 1.165) is 0 Å². The van der Waals surface area contributed by atoms with Gasteiger partial charge in [-0.05, 0) is 32.1 Å². The molecule has 0 saturated carbocycles. The fraction of sp³-hybridized carbons (Fsp3) is 0.875. The van der Waals surface area contributed by atoms with Crippen molar-refractivity contribution in [2.24, 2.45) is 11.8 Å². The first-order valence-electron chi connectivity index (χ1n) is 34.6. The average Bonchev–Trinajstić information content (AvgIpc) is 0.827. The summed E-state index contributed by atoms with van der Waals surface area (Å²) >= 11 is 0. The third kappa shape index (κ3) is 37.0. The van der Waals surface area contributed by atoms with Crippen molar-refractivity contribution in [1.82, 2.24) is 31.9 Å². The molecule has 38 heteroatoms. The molecule has 6 amide bonds. The molecule has 15 N–H and O–H groups in total. The van der Waals surface area contributed by atoms with Crippen LogP contribution in [0.5, 0.6) is 0 Å². The van der Waals surface area contributed by atoms with Crippen LogP contribution in [0.15, 0.2) is 0 Å². The van der Waals surface area contributed by atoms with Crippen LogP contribution in [0.25, 0.3) is 0 Å². The minimum absolute atomic E-state index is 0.00257. The minimum atomic E-state index is -1.46. The molecule has 0 aromatic rings. The van der Waals surface area contributed by atoms with Crippen LogP contribution in [0.2, 0.25) is 0 Å². The molecule has 17 atom stereocenters. The van der Waals surface area contributed by atoms with E-state index in [1.807, 2.05) is 0 Å². The van der Waals surface area contributed by atoms with Gasteiger partial charge in [0, 0.05) is 52.1 Å². The van der Waals surface area contributed by atoms with Crippen molar-refractivity contribution in [3.8, 4) is 0 Å². The summed E-state index contributed by atoms with van der Waals surface area (Å²) in [6.07, 6.45) is -13.4. The molecule has 3 fully saturated rings. The number of ether oxygens (including phenoxy) is 15. The number of Topliss-reactive ketones (excluding diaryl/α,β-unsaturated/α-hetero) is 2. The maximum Gasteiger partial charge on any atom is 0.246 e. The van der Waals surface area contributed by atoms with Crippen LogP contribution in [-0.4, -0.2) is 363 Å². The summed E-state index contributed by atoms with van der Waals surface area (Å²) in [6.45, 7) is 6.79. The van der Waals surface area contributed by atoms with E-state index in [9.17, 15) is 84.3 Å². The Morgan fingerprint density at radius 1 is 0.382 bits per heavy atom. The van der Waals surface area contributed by atoms with Crippen molar-refractivity contribution >= 4 is 47.0 Å². The van der Waals surface area contributed by atoms with E-state index in [-0.39, 0.29) is 176 Å². The zero-order valence-electron chi connectivity index (χ0n) is 59.1. The van der Waals surface area contributed by atoms with Gasteiger partial charge >= 0.3 is 0 Å². The average molecular weight is 1480 g/mol. The Morgan fingerprint density at radius 2 is 0.676 bits per heavy atom. The number of hydrogen-bond acceptors (Lipinski definition) is 32. The van der Waals surface area contributed by atoms with E-state index in [2.05, 4.69) is 31.9 Å². The van der Waals surface area contributed by atoms with E-state index in [1.165, 1.54) is 20.8 Å². The number of amides is 6. The molecule has 3 saturated heterocycles. The molecule has 0 bridgehead atoms. The number of ketones is 2. The van der Waals surface area contributed by atoms with Crippen LogP contribution >= 0.6 is 0 Å². The molecule has 0 aromatic heterocycles. The van der Waals surface area contributed by atoms with E-state index >= 15 is 0 Å². The number of rotatable bonds is 58.